The average Bonchev–Trinajstić information content (AvgIpc) is 2.89. The van der Waals surface area contributed by atoms with Gasteiger partial charge in [0.15, 0.2) is 5.11 Å². The average molecular weight is 348 g/mol. The summed E-state index contributed by atoms with van der Waals surface area (Å²) in [6, 6.07) is 7.22. The van der Waals surface area contributed by atoms with Crippen molar-refractivity contribution in [2.75, 3.05) is 6.54 Å². The topological polar surface area (TPSA) is 73.5 Å². The van der Waals surface area contributed by atoms with E-state index in [-0.39, 0.29) is 17.4 Å². The van der Waals surface area contributed by atoms with Gasteiger partial charge in [0.1, 0.15) is 0 Å². The second kappa shape index (κ2) is 7.61. The molecular weight excluding hydrogens is 324 g/mol. The number of carbonyl (C=O) groups excluding carboxylic acids is 2. The van der Waals surface area contributed by atoms with Crippen LogP contribution in [0.4, 0.5) is 0 Å². The maximum absolute atomic E-state index is 12.1. The first-order valence-corrected chi connectivity index (χ1v) is 8.41. The number of nitrogens with one attached hydrogen (secondary N) is 3. The molecule has 1 aromatic carbocycles. The summed E-state index contributed by atoms with van der Waals surface area (Å²) in [7, 11) is 0. The zero-order valence-electron chi connectivity index (χ0n) is 14.3. The van der Waals surface area contributed by atoms with Crippen LogP contribution in [-0.2, 0) is 11.3 Å². The monoisotopic (exact) mass is 348 g/mol. The first-order chi connectivity index (χ1) is 11.2. The summed E-state index contributed by atoms with van der Waals surface area (Å²) in [6.07, 6.45) is 1.56. The van der Waals surface area contributed by atoms with E-state index >= 15 is 0 Å². The molecule has 2 amide bonds. The lowest BCUT2D eigenvalue weighted by molar-refractivity contribution is -0.128. The fourth-order valence-corrected chi connectivity index (χ4v) is 2.77. The molecular formula is C17H24N4O2S. The fourth-order valence-electron chi connectivity index (χ4n) is 2.41. The van der Waals surface area contributed by atoms with Crippen LogP contribution in [-0.4, -0.2) is 33.9 Å². The molecule has 1 aliphatic heterocycles. The first-order valence-electron chi connectivity index (χ1n) is 8.00. The van der Waals surface area contributed by atoms with E-state index in [2.05, 4.69) is 16.2 Å². The van der Waals surface area contributed by atoms with Gasteiger partial charge in [-0.1, -0.05) is 12.1 Å². The van der Waals surface area contributed by atoms with Crippen LogP contribution in [0.2, 0.25) is 0 Å². The summed E-state index contributed by atoms with van der Waals surface area (Å²) >= 11 is 5.11. The van der Waals surface area contributed by atoms with Crippen LogP contribution >= 0.6 is 12.2 Å². The van der Waals surface area contributed by atoms with Gasteiger partial charge in [-0.2, -0.15) is 0 Å². The van der Waals surface area contributed by atoms with Crippen LogP contribution in [0.5, 0.6) is 0 Å². The molecule has 1 aromatic rings. The van der Waals surface area contributed by atoms with E-state index in [1.54, 1.807) is 12.1 Å². The number of hydrogen-bond donors (Lipinski definition) is 3. The molecule has 24 heavy (non-hydrogen) atoms. The maximum Gasteiger partial charge on any atom is 0.269 e. The number of carbonyl (C=O) groups is 2. The maximum atomic E-state index is 12.1. The highest BCUT2D eigenvalue weighted by molar-refractivity contribution is 7.80. The molecule has 3 N–H and O–H groups in total. The van der Waals surface area contributed by atoms with Gasteiger partial charge in [0, 0.05) is 30.6 Å². The number of nitrogens with zero attached hydrogens (tertiary/aromatic N) is 1. The van der Waals surface area contributed by atoms with Crippen LogP contribution in [0.15, 0.2) is 24.3 Å². The van der Waals surface area contributed by atoms with Crippen LogP contribution in [0.25, 0.3) is 0 Å². The van der Waals surface area contributed by atoms with Crippen molar-refractivity contribution >= 4 is 29.1 Å². The normalized spacial score (nSPS) is 14.5. The van der Waals surface area contributed by atoms with E-state index in [4.69, 9.17) is 12.2 Å². The highest BCUT2D eigenvalue weighted by Gasteiger charge is 2.20. The molecule has 0 aliphatic carbocycles. The molecule has 130 valence electrons. The van der Waals surface area contributed by atoms with E-state index in [0.717, 1.165) is 18.5 Å². The van der Waals surface area contributed by atoms with Gasteiger partial charge in [0.25, 0.3) is 5.91 Å². The van der Waals surface area contributed by atoms with Gasteiger partial charge in [-0.05, 0) is 57.1 Å². The smallest absolute Gasteiger partial charge is 0.269 e. The summed E-state index contributed by atoms with van der Waals surface area (Å²) in [5, 5.41) is 3.41. The Morgan fingerprint density at radius 1 is 1.21 bits per heavy atom. The van der Waals surface area contributed by atoms with Crippen molar-refractivity contribution in [2.24, 2.45) is 0 Å². The Bertz CT molecular complexity index is 622. The minimum atomic E-state index is -0.267. The molecule has 7 heteroatoms. The van der Waals surface area contributed by atoms with E-state index in [0.29, 0.717) is 23.6 Å². The number of benzene rings is 1. The molecule has 0 unspecified atom stereocenters. The summed E-state index contributed by atoms with van der Waals surface area (Å²) in [5.41, 5.74) is 6.61. The summed E-state index contributed by atoms with van der Waals surface area (Å²) in [5.74, 6) is -0.0715. The van der Waals surface area contributed by atoms with Crippen molar-refractivity contribution < 1.29 is 9.59 Å². The SMILES string of the molecule is CC(C)(C)NC(=S)NNC(=O)c1ccc(CN2CCCC2=O)cc1. The molecule has 0 bridgehead atoms. The predicted octanol–water partition coefficient (Wildman–Crippen LogP) is 1.72. The zero-order valence-corrected chi connectivity index (χ0v) is 15.1. The summed E-state index contributed by atoms with van der Waals surface area (Å²) in [4.78, 5) is 25.6. The van der Waals surface area contributed by atoms with Gasteiger partial charge < -0.3 is 10.2 Å². The van der Waals surface area contributed by atoms with Crippen molar-refractivity contribution in [3.63, 3.8) is 0 Å². The standard InChI is InChI=1S/C17H24N4O2S/c1-17(2,3)18-16(24)20-19-15(23)13-8-6-12(7-9-13)11-21-10-4-5-14(21)22/h6-9H,4-5,10-11H2,1-3H3,(H,19,23)(H2,18,20,24). The van der Waals surface area contributed by atoms with Gasteiger partial charge in [-0.15, -0.1) is 0 Å². The molecule has 1 saturated heterocycles. The minimum Gasteiger partial charge on any atom is -0.357 e. The lowest BCUT2D eigenvalue weighted by atomic mass is 10.1. The Labute approximate surface area is 148 Å². The Morgan fingerprint density at radius 2 is 1.88 bits per heavy atom. The second-order valence-electron chi connectivity index (χ2n) is 6.90. The molecule has 1 fully saturated rings. The molecule has 1 heterocycles. The molecule has 6 nitrogen and oxygen atoms in total. The second-order valence-corrected chi connectivity index (χ2v) is 7.31. The number of amides is 2. The van der Waals surface area contributed by atoms with Crippen molar-refractivity contribution in [1.29, 1.82) is 0 Å². The molecule has 2 rings (SSSR count). The Hall–Kier alpha value is -2.15. The van der Waals surface area contributed by atoms with E-state index in [9.17, 15) is 9.59 Å². The molecule has 0 atom stereocenters. The van der Waals surface area contributed by atoms with Crippen molar-refractivity contribution in [1.82, 2.24) is 21.1 Å². The number of likely N-dealkylation sites (tertiary alicyclic amines) is 1. The van der Waals surface area contributed by atoms with Gasteiger partial charge in [-0.25, -0.2) is 0 Å². The number of rotatable bonds is 3. The Balaban J connectivity index is 1.84. The lowest BCUT2D eigenvalue weighted by Gasteiger charge is -2.23. The Morgan fingerprint density at radius 3 is 2.42 bits per heavy atom. The van der Waals surface area contributed by atoms with Gasteiger partial charge >= 0.3 is 0 Å². The van der Waals surface area contributed by atoms with Crippen LogP contribution in [0.3, 0.4) is 0 Å². The predicted molar refractivity (Wildman–Crippen MR) is 97.2 cm³/mol. The lowest BCUT2D eigenvalue weighted by Crippen LogP contribution is -2.52. The number of hydrogen-bond acceptors (Lipinski definition) is 3. The first kappa shape index (κ1) is 18.2. The van der Waals surface area contributed by atoms with Gasteiger partial charge in [0.05, 0.1) is 0 Å². The zero-order chi connectivity index (χ0) is 17.7. The quantitative estimate of drug-likeness (QED) is 0.573. The third-order valence-corrected chi connectivity index (χ3v) is 3.74. The third kappa shape index (κ3) is 5.49. The van der Waals surface area contributed by atoms with Crippen LogP contribution in [0, 0.1) is 0 Å². The van der Waals surface area contributed by atoms with E-state index in [1.807, 2.05) is 37.8 Å². The number of hydrazine groups is 1. The van der Waals surface area contributed by atoms with Gasteiger partial charge in [0.2, 0.25) is 5.91 Å². The fraction of sp³-hybridized carbons (Fsp3) is 0.471. The summed E-state index contributed by atoms with van der Waals surface area (Å²) in [6.45, 7) is 7.34. The van der Waals surface area contributed by atoms with Crippen molar-refractivity contribution in [3.8, 4) is 0 Å². The third-order valence-electron chi connectivity index (χ3n) is 3.54. The highest BCUT2D eigenvalue weighted by Crippen LogP contribution is 2.14. The van der Waals surface area contributed by atoms with Crippen molar-refractivity contribution in [2.45, 2.75) is 45.7 Å². The van der Waals surface area contributed by atoms with E-state index < -0.39 is 0 Å². The molecule has 0 radical (unpaired) electrons. The number of thiocarbonyl (C=S) groups is 1. The van der Waals surface area contributed by atoms with Gasteiger partial charge in [-0.3, -0.25) is 20.4 Å². The molecule has 0 aromatic heterocycles. The molecule has 0 spiro atoms. The molecule has 1 aliphatic rings. The van der Waals surface area contributed by atoms with Crippen molar-refractivity contribution in [3.05, 3.63) is 35.4 Å². The Kier molecular flexibility index (Phi) is 5.77. The van der Waals surface area contributed by atoms with Crippen LogP contribution in [0.1, 0.15) is 49.5 Å². The summed E-state index contributed by atoms with van der Waals surface area (Å²) < 4.78 is 0. The van der Waals surface area contributed by atoms with E-state index in [1.165, 1.54) is 0 Å². The highest BCUT2D eigenvalue weighted by atomic mass is 32.1. The minimum absolute atomic E-state index is 0.177. The molecule has 0 saturated carbocycles. The largest absolute Gasteiger partial charge is 0.357 e. The van der Waals surface area contributed by atoms with Crippen LogP contribution < -0.4 is 16.2 Å².